The molecule has 0 saturated carbocycles. The topological polar surface area (TPSA) is 102 Å². The number of ether oxygens (including phenoxy) is 2. The molecule has 1 saturated heterocycles. The molecule has 11 heteroatoms. The lowest BCUT2D eigenvalue weighted by Crippen LogP contribution is -2.29. The molecule has 216 valence electrons. The van der Waals surface area contributed by atoms with Crippen molar-refractivity contribution in [2.75, 3.05) is 18.6 Å². The molecule has 1 fully saturated rings. The molecule has 0 spiro atoms. The highest BCUT2D eigenvalue weighted by molar-refractivity contribution is 8.00. The van der Waals surface area contributed by atoms with E-state index in [2.05, 4.69) is 17.1 Å². The first-order valence-corrected chi connectivity index (χ1v) is 15.5. The van der Waals surface area contributed by atoms with E-state index in [4.69, 9.17) is 21.1 Å². The van der Waals surface area contributed by atoms with Gasteiger partial charge in [0.15, 0.2) is 4.34 Å². The number of anilines is 1. The molecule has 1 N–H and O–H groups in total. The van der Waals surface area contributed by atoms with Gasteiger partial charge in [0.1, 0.15) is 17.3 Å². The van der Waals surface area contributed by atoms with Crippen LogP contribution in [-0.4, -0.2) is 40.7 Å². The van der Waals surface area contributed by atoms with E-state index in [1.165, 1.54) is 28.0 Å². The molecule has 5 rings (SSSR count). The maximum Gasteiger partial charge on any atom is 0.301 e. The minimum atomic E-state index is -0.925. The van der Waals surface area contributed by atoms with Gasteiger partial charge in [-0.05, 0) is 60.0 Å². The van der Waals surface area contributed by atoms with Gasteiger partial charge in [0.2, 0.25) is 5.13 Å². The molecule has 0 bridgehead atoms. The van der Waals surface area contributed by atoms with E-state index in [1.54, 1.807) is 55.6 Å². The summed E-state index contributed by atoms with van der Waals surface area (Å²) < 4.78 is 11.6. The number of aromatic nitrogens is 2. The summed E-state index contributed by atoms with van der Waals surface area (Å²) in [5, 5.41) is 20.8. The van der Waals surface area contributed by atoms with Crippen molar-refractivity contribution in [1.82, 2.24) is 10.2 Å². The third kappa shape index (κ3) is 6.30. The van der Waals surface area contributed by atoms with Crippen LogP contribution >= 0.6 is 34.7 Å². The minimum Gasteiger partial charge on any atom is -0.507 e. The number of benzene rings is 3. The van der Waals surface area contributed by atoms with Crippen molar-refractivity contribution in [3.05, 3.63) is 100 Å². The van der Waals surface area contributed by atoms with Gasteiger partial charge in [-0.1, -0.05) is 78.4 Å². The number of aliphatic hydroxyl groups excluding tert-OH is 1. The van der Waals surface area contributed by atoms with Crippen LogP contribution in [-0.2, 0) is 15.3 Å². The fraction of sp³-hybridized carbons (Fsp3) is 0.226. The first-order chi connectivity index (χ1) is 20.4. The van der Waals surface area contributed by atoms with E-state index in [9.17, 15) is 14.7 Å². The summed E-state index contributed by atoms with van der Waals surface area (Å²) in [6, 6.07) is 20.4. The third-order valence-corrected chi connectivity index (χ3v) is 9.15. The van der Waals surface area contributed by atoms with Gasteiger partial charge in [-0.3, -0.25) is 14.5 Å². The van der Waals surface area contributed by atoms with E-state index >= 15 is 0 Å². The molecule has 3 aromatic carbocycles. The second-order valence-electron chi connectivity index (χ2n) is 9.40. The highest BCUT2D eigenvalue weighted by Crippen LogP contribution is 2.44. The number of ketones is 1. The van der Waals surface area contributed by atoms with Crippen LogP contribution in [0.25, 0.3) is 5.76 Å². The van der Waals surface area contributed by atoms with Gasteiger partial charge in [0.05, 0.1) is 25.3 Å². The van der Waals surface area contributed by atoms with Crippen LogP contribution in [0.2, 0.25) is 5.02 Å². The van der Waals surface area contributed by atoms with Crippen LogP contribution in [0.1, 0.15) is 42.5 Å². The number of carbonyl (C=O) groups excluding carboxylic acids is 2. The van der Waals surface area contributed by atoms with Gasteiger partial charge < -0.3 is 14.6 Å². The van der Waals surface area contributed by atoms with Gasteiger partial charge in [-0.25, -0.2) is 0 Å². The van der Waals surface area contributed by atoms with Crippen molar-refractivity contribution in [3.8, 4) is 11.5 Å². The normalized spacial score (nSPS) is 16.2. The zero-order valence-corrected chi connectivity index (χ0v) is 25.3. The Morgan fingerprint density at radius 1 is 1.02 bits per heavy atom. The third-order valence-electron chi connectivity index (χ3n) is 6.68. The number of hydrogen-bond donors (Lipinski definition) is 1. The van der Waals surface area contributed by atoms with Gasteiger partial charge in [-0.2, -0.15) is 0 Å². The van der Waals surface area contributed by atoms with Crippen molar-refractivity contribution in [1.29, 1.82) is 0 Å². The van der Waals surface area contributed by atoms with Gasteiger partial charge in [0, 0.05) is 16.3 Å². The number of amides is 1. The van der Waals surface area contributed by atoms with Crippen LogP contribution in [0, 0.1) is 0 Å². The maximum absolute atomic E-state index is 13.5. The number of rotatable bonds is 11. The van der Waals surface area contributed by atoms with Crippen LogP contribution < -0.4 is 14.4 Å². The van der Waals surface area contributed by atoms with Crippen molar-refractivity contribution in [2.45, 2.75) is 35.9 Å². The summed E-state index contributed by atoms with van der Waals surface area (Å²) in [5.41, 5.74) is 1.91. The number of nitrogens with zero attached hydrogens (tertiary/aromatic N) is 3. The van der Waals surface area contributed by atoms with Crippen molar-refractivity contribution in [3.63, 3.8) is 0 Å². The Hall–Kier alpha value is -3.86. The Balaban J connectivity index is 1.49. The standard InChI is InChI=1S/C31H28ClN3O5S2/c1-3-4-17-40-23-15-11-20(12-16-23)27(36)25-26(19-9-13-22(39-2)14-10-19)35(29(38)28(25)37)30-33-34-31(42-30)41-18-21-7-5-6-8-24(21)32/h5-16,26,36H,3-4,17-18H2,1-2H3/b27-25+. The largest absolute Gasteiger partial charge is 0.507 e. The zero-order valence-electron chi connectivity index (χ0n) is 23.0. The summed E-state index contributed by atoms with van der Waals surface area (Å²) in [6.07, 6.45) is 1.94. The number of aliphatic hydroxyl groups is 1. The molecule has 1 aromatic heterocycles. The molecule has 1 aliphatic heterocycles. The van der Waals surface area contributed by atoms with E-state index in [-0.39, 0.29) is 16.5 Å². The molecule has 0 radical (unpaired) electrons. The number of carbonyl (C=O) groups is 2. The Kier molecular flexibility index (Phi) is 9.46. The van der Waals surface area contributed by atoms with Crippen LogP contribution in [0.15, 0.2) is 82.7 Å². The van der Waals surface area contributed by atoms with Gasteiger partial charge in [0.25, 0.3) is 5.78 Å². The fourth-order valence-corrected chi connectivity index (χ4v) is 6.60. The minimum absolute atomic E-state index is 0.0368. The smallest absolute Gasteiger partial charge is 0.301 e. The number of methoxy groups -OCH3 is 1. The summed E-state index contributed by atoms with van der Waals surface area (Å²) in [6.45, 7) is 2.67. The molecular weight excluding hydrogens is 594 g/mol. The molecule has 1 atom stereocenters. The zero-order chi connectivity index (χ0) is 29.6. The summed E-state index contributed by atoms with van der Waals surface area (Å²) in [5.74, 6) is -0.0542. The molecule has 1 amide bonds. The molecular formula is C31H28ClN3O5S2. The lowest BCUT2D eigenvalue weighted by Gasteiger charge is -2.22. The molecule has 42 heavy (non-hydrogen) atoms. The molecule has 8 nitrogen and oxygen atoms in total. The van der Waals surface area contributed by atoms with Crippen molar-refractivity contribution >= 4 is 57.3 Å². The quantitative estimate of drug-likeness (QED) is 0.0465. The van der Waals surface area contributed by atoms with E-state index in [0.717, 1.165) is 18.4 Å². The van der Waals surface area contributed by atoms with E-state index < -0.39 is 17.7 Å². The van der Waals surface area contributed by atoms with Crippen LogP contribution in [0.3, 0.4) is 0 Å². The monoisotopic (exact) mass is 621 g/mol. The first-order valence-electron chi connectivity index (χ1n) is 13.3. The Morgan fingerprint density at radius 2 is 1.74 bits per heavy atom. The maximum atomic E-state index is 13.5. The molecule has 2 heterocycles. The number of thioether (sulfide) groups is 1. The molecule has 1 aliphatic rings. The average Bonchev–Trinajstić information content (AvgIpc) is 3.58. The van der Waals surface area contributed by atoms with E-state index in [0.29, 0.717) is 44.3 Å². The summed E-state index contributed by atoms with van der Waals surface area (Å²) in [7, 11) is 1.56. The highest BCUT2D eigenvalue weighted by atomic mass is 35.5. The fourth-order valence-electron chi connectivity index (χ4n) is 4.44. The molecule has 4 aromatic rings. The second-order valence-corrected chi connectivity index (χ2v) is 12.0. The second kappa shape index (κ2) is 13.4. The first kappa shape index (κ1) is 29.6. The summed E-state index contributed by atoms with van der Waals surface area (Å²) >= 11 is 8.92. The van der Waals surface area contributed by atoms with Crippen LogP contribution in [0.4, 0.5) is 5.13 Å². The highest BCUT2D eigenvalue weighted by Gasteiger charge is 2.48. The Labute approximate surface area is 257 Å². The number of hydrogen-bond acceptors (Lipinski definition) is 9. The number of halogens is 1. The predicted molar refractivity (Wildman–Crippen MR) is 166 cm³/mol. The molecule has 1 unspecified atom stereocenters. The Bertz CT molecular complexity index is 1610. The Morgan fingerprint density at radius 3 is 2.43 bits per heavy atom. The summed E-state index contributed by atoms with van der Waals surface area (Å²) in [4.78, 5) is 28.3. The number of unbranched alkanes of at least 4 members (excludes halogenated alkanes) is 1. The van der Waals surface area contributed by atoms with Crippen LogP contribution in [0.5, 0.6) is 11.5 Å². The van der Waals surface area contributed by atoms with Gasteiger partial charge >= 0.3 is 5.91 Å². The van der Waals surface area contributed by atoms with Crippen molar-refractivity contribution < 1.29 is 24.2 Å². The average molecular weight is 622 g/mol. The molecule has 0 aliphatic carbocycles. The SMILES string of the molecule is CCCCOc1ccc(/C(O)=C2\C(=O)C(=O)N(c3nnc(SCc4ccccc4Cl)s3)C2c2ccc(OC)cc2)cc1. The predicted octanol–water partition coefficient (Wildman–Crippen LogP) is 7.30. The van der Waals surface area contributed by atoms with E-state index in [1.807, 2.05) is 24.3 Å². The van der Waals surface area contributed by atoms with Crippen molar-refractivity contribution in [2.24, 2.45) is 0 Å². The number of Topliss-reactive ketones (excluding diaryl/α,β-unsaturated/α-hetero) is 1. The lowest BCUT2D eigenvalue weighted by atomic mass is 9.95. The lowest BCUT2D eigenvalue weighted by molar-refractivity contribution is -0.132. The van der Waals surface area contributed by atoms with Gasteiger partial charge in [-0.15, -0.1) is 10.2 Å².